The van der Waals surface area contributed by atoms with Crippen molar-refractivity contribution in [1.82, 2.24) is 14.8 Å². The first-order valence-electron chi connectivity index (χ1n) is 8.93. The molecular weight excluding hydrogens is 391 g/mol. The van der Waals surface area contributed by atoms with Crippen LogP contribution in [0, 0.1) is 0 Å². The molecule has 0 radical (unpaired) electrons. The first-order valence-corrected chi connectivity index (χ1v) is 8.93. The lowest BCUT2D eigenvalue weighted by molar-refractivity contribution is -0.138. The second-order valence-corrected chi connectivity index (χ2v) is 7.11. The number of esters is 1. The van der Waals surface area contributed by atoms with Gasteiger partial charge >= 0.3 is 12.1 Å². The quantitative estimate of drug-likeness (QED) is 0.516. The van der Waals surface area contributed by atoms with Gasteiger partial charge in [-0.3, -0.25) is 9.78 Å². The molecule has 0 atom stereocenters. The van der Waals surface area contributed by atoms with E-state index in [-0.39, 0.29) is 30.9 Å². The molecule has 7 nitrogen and oxygen atoms in total. The third kappa shape index (κ3) is 4.57. The minimum absolute atomic E-state index is 0.0349. The Morgan fingerprint density at radius 3 is 2.34 bits per heavy atom. The molecule has 2 rings (SSSR count). The van der Waals surface area contributed by atoms with Gasteiger partial charge in [0.1, 0.15) is 5.56 Å². The highest BCUT2D eigenvalue weighted by Crippen LogP contribution is 2.41. The third-order valence-electron chi connectivity index (χ3n) is 3.95. The number of aromatic nitrogens is 3. The molecule has 0 saturated heterocycles. The van der Waals surface area contributed by atoms with E-state index in [2.05, 4.69) is 10.1 Å². The standard InChI is InChI=1S/C19H22F3N3O4/c1-6-12-15(17(27)28-7-2)24-25(18(3,4)5)16(12)29-13-9-23-8-11(10-26)14(13)19(20,21)22/h8-10H,6-7H2,1-5H3. The van der Waals surface area contributed by atoms with E-state index in [0.717, 1.165) is 12.4 Å². The van der Waals surface area contributed by atoms with Crippen molar-refractivity contribution in [3.63, 3.8) is 0 Å². The number of alkyl halides is 3. The maximum absolute atomic E-state index is 13.6. The Labute approximate surface area is 165 Å². The summed E-state index contributed by atoms with van der Waals surface area (Å²) in [4.78, 5) is 27.1. The van der Waals surface area contributed by atoms with Crippen LogP contribution in [-0.2, 0) is 22.9 Å². The van der Waals surface area contributed by atoms with Gasteiger partial charge in [-0.05, 0) is 34.1 Å². The number of nitrogens with zero attached hydrogens (tertiary/aromatic N) is 3. The van der Waals surface area contributed by atoms with Gasteiger partial charge in [0.05, 0.1) is 18.3 Å². The van der Waals surface area contributed by atoms with Crippen molar-refractivity contribution < 1.29 is 32.2 Å². The average Bonchev–Trinajstić information content (AvgIpc) is 2.99. The van der Waals surface area contributed by atoms with E-state index in [0.29, 0.717) is 5.56 Å². The Kier molecular flexibility index (Phi) is 6.34. The van der Waals surface area contributed by atoms with Gasteiger partial charge in [-0.2, -0.15) is 18.3 Å². The molecule has 0 unspecified atom stereocenters. The smallest absolute Gasteiger partial charge is 0.420 e. The lowest BCUT2D eigenvalue weighted by atomic mass is 10.1. The van der Waals surface area contributed by atoms with E-state index < -0.39 is 34.6 Å². The highest BCUT2D eigenvalue weighted by molar-refractivity contribution is 5.89. The molecule has 29 heavy (non-hydrogen) atoms. The summed E-state index contributed by atoms with van der Waals surface area (Å²) < 4.78 is 52.7. The fourth-order valence-corrected chi connectivity index (χ4v) is 2.71. The van der Waals surface area contributed by atoms with Crippen molar-refractivity contribution in [3.8, 4) is 11.6 Å². The van der Waals surface area contributed by atoms with E-state index in [1.165, 1.54) is 4.68 Å². The Hall–Kier alpha value is -2.91. The summed E-state index contributed by atoms with van der Waals surface area (Å²) in [5.74, 6) is -1.40. The fraction of sp³-hybridized carbons (Fsp3) is 0.474. The van der Waals surface area contributed by atoms with E-state index in [9.17, 15) is 22.8 Å². The predicted octanol–water partition coefficient (Wildman–Crippen LogP) is 4.40. The largest absolute Gasteiger partial charge is 0.461 e. The van der Waals surface area contributed by atoms with Crippen LogP contribution in [0.5, 0.6) is 11.6 Å². The molecule has 10 heteroatoms. The van der Waals surface area contributed by atoms with Crippen LogP contribution in [0.3, 0.4) is 0 Å². The van der Waals surface area contributed by atoms with Crippen LogP contribution in [0.4, 0.5) is 13.2 Å². The van der Waals surface area contributed by atoms with Gasteiger partial charge in [-0.25, -0.2) is 9.48 Å². The number of ether oxygens (including phenoxy) is 2. The van der Waals surface area contributed by atoms with Crippen LogP contribution < -0.4 is 4.74 Å². The predicted molar refractivity (Wildman–Crippen MR) is 97.3 cm³/mol. The molecule has 0 aliphatic carbocycles. The SMILES string of the molecule is CCOC(=O)c1nn(C(C)(C)C)c(Oc2cncc(C=O)c2C(F)(F)F)c1CC. The molecule has 158 valence electrons. The molecule has 0 bridgehead atoms. The van der Waals surface area contributed by atoms with Crippen molar-refractivity contribution in [2.24, 2.45) is 0 Å². The number of rotatable bonds is 6. The van der Waals surface area contributed by atoms with Crippen LogP contribution >= 0.6 is 0 Å². The zero-order valence-corrected chi connectivity index (χ0v) is 16.8. The zero-order valence-electron chi connectivity index (χ0n) is 16.8. The average molecular weight is 413 g/mol. The number of carbonyl (C=O) groups excluding carboxylic acids is 2. The highest BCUT2D eigenvalue weighted by Gasteiger charge is 2.39. The van der Waals surface area contributed by atoms with Crippen molar-refractivity contribution in [3.05, 3.63) is 34.8 Å². The van der Waals surface area contributed by atoms with Crippen molar-refractivity contribution in [2.45, 2.75) is 52.8 Å². The molecule has 0 fully saturated rings. The highest BCUT2D eigenvalue weighted by atomic mass is 19.4. The van der Waals surface area contributed by atoms with E-state index >= 15 is 0 Å². The summed E-state index contributed by atoms with van der Waals surface area (Å²) in [5, 5.41) is 4.25. The Morgan fingerprint density at radius 2 is 1.86 bits per heavy atom. The van der Waals surface area contributed by atoms with Crippen LogP contribution in [0.2, 0.25) is 0 Å². The second kappa shape index (κ2) is 8.22. The summed E-state index contributed by atoms with van der Waals surface area (Å²) in [6.07, 6.45) is -2.85. The molecule has 2 aromatic heterocycles. The Balaban J connectivity index is 2.73. The molecule has 0 N–H and O–H groups in total. The van der Waals surface area contributed by atoms with E-state index in [4.69, 9.17) is 9.47 Å². The fourth-order valence-electron chi connectivity index (χ4n) is 2.71. The van der Waals surface area contributed by atoms with Gasteiger partial charge in [0.2, 0.25) is 5.88 Å². The summed E-state index contributed by atoms with van der Waals surface area (Å²) in [7, 11) is 0. The first-order chi connectivity index (χ1) is 13.5. The normalized spacial score (nSPS) is 12.0. The summed E-state index contributed by atoms with van der Waals surface area (Å²) in [6.45, 7) is 8.73. The van der Waals surface area contributed by atoms with Crippen molar-refractivity contribution in [2.75, 3.05) is 6.61 Å². The molecule has 2 aromatic rings. The molecule has 2 heterocycles. The van der Waals surface area contributed by atoms with Gasteiger partial charge in [-0.15, -0.1) is 0 Å². The summed E-state index contributed by atoms with van der Waals surface area (Å²) in [5.41, 5.74) is -2.36. The Morgan fingerprint density at radius 1 is 1.21 bits per heavy atom. The Bertz CT molecular complexity index is 915. The van der Waals surface area contributed by atoms with E-state index in [1.54, 1.807) is 34.6 Å². The molecule has 0 aromatic carbocycles. The lowest BCUT2D eigenvalue weighted by Crippen LogP contribution is -2.24. The maximum Gasteiger partial charge on any atom is 0.420 e. The number of halogens is 3. The minimum atomic E-state index is -4.85. The topological polar surface area (TPSA) is 83.3 Å². The lowest BCUT2D eigenvalue weighted by Gasteiger charge is -2.23. The summed E-state index contributed by atoms with van der Waals surface area (Å²) >= 11 is 0. The number of hydrogen-bond donors (Lipinski definition) is 0. The summed E-state index contributed by atoms with van der Waals surface area (Å²) in [6, 6.07) is 0. The van der Waals surface area contributed by atoms with Gasteiger partial charge < -0.3 is 9.47 Å². The second-order valence-electron chi connectivity index (χ2n) is 7.11. The van der Waals surface area contributed by atoms with Gasteiger partial charge in [-0.1, -0.05) is 6.92 Å². The van der Waals surface area contributed by atoms with Crippen molar-refractivity contribution >= 4 is 12.3 Å². The number of carbonyl (C=O) groups is 2. The minimum Gasteiger partial charge on any atom is -0.461 e. The third-order valence-corrected chi connectivity index (χ3v) is 3.95. The molecule has 0 saturated carbocycles. The van der Waals surface area contributed by atoms with Gasteiger partial charge in [0.25, 0.3) is 0 Å². The van der Waals surface area contributed by atoms with Crippen LogP contribution in [0.15, 0.2) is 12.4 Å². The van der Waals surface area contributed by atoms with Crippen LogP contribution in [0.25, 0.3) is 0 Å². The van der Waals surface area contributed by atoms with E-state index in [1.807, 2.05) is 0 Å². The molecule has 0 aliphatic heterocycles. The van der Waals surface area contributed by atoms with Crippen molar-refractivity contribution in [1.29, 1.82) is 0 Å². The van der Waals surface area contributed by atoms with Crippen LogP contribution in [-0.4, -0.2) is 33.6 Å². The van der Waals surface area contributed by atoms with Gasteiger partial charge in [0, 0.05) is 17.3 Å². The first kappa shape index (κ1) is 22.4. The molecule has 0 aliphatic rings. The number of aldehydes is 1. The monoisotopic (exact) mass is 413 g/mol. The molecule has 0 spiro atoms. The number of hydrogen-bond acceptors (Lipinski definition) is 6. The van der Waals surface area contributed by atoms with Crippen LogP contribution in [0.1, 0.15) is 66.6 Å². The molecule has 0 amide bonds. The molecular formula is C19H22F3N3O4. The maximum atomic E-state index is 13.6. The number of pyridine rings is 1. The zero-order chi connectivity index (χ0) is 22.0. The van der Waals surface area contributed by atoms with Gasteiger partial charge in [0.15, 0.2) is 17.7 Å².